The predicted molar refractivity (Wildman–Crippen MR) is 55.9 cm³/mol. The van der Waals surface area contributed by atoms with Crippen LogP contribution in [0.4, 0.5) is 4.79 Å². The molecule has 2 aliphatic rings. The van der Waals surface area contributed by atoms with Crippen molar-refractivity contribution in [1.82, 2.24) is 5.32 Å². The molecule has 1 aliphatic heterocycles. The van der Waals surface area contributed by atoms with Crippen LogP contribution in [0.5, 0.6) is 0 Å². The van der Waals surface area contributed by atoms with E-state index in [0.717, 1.165) is 13.0 Å². The summed E-state index contributed by atoms with van der Waals surface area (Å²) >= 11 is 0. The maximum absolute atomic E-state index is 10.3. The Morgan fingerprint density at radius 3 is 2.60 bits per heavy atom. The second-order valence-corrected chi connectivity index (χ2v) is 4.67. The van der Waals surface area contributed by atoms with Crippen LogP contribution >= 0.6 is 0 Å². The molecule has 86 valence electrons. The molecule has 4 nitrogen and oxygen atoms in total. The summed E-state index contributed by atoms with van der Waals surface area (Å²) in [6.07, 6.45) is 6.38. The molecule has 1 saturated heterocycles. The molecule has 1 saturated carbocycles. The summed E-state index contributed by atoms with van der Waals surface area (Å²) in [7, 11) is 0. The van der Waals surface area contributed by atoms with E-state index in [1.807, 2.05) is 0 Å². The van der Waals surface area contributed by atoms with Gasteiger partial charge in [-0.05, 0) is 25.2 Å². The van der Waals surface area contributed by atoms with Crippen LogP contribution in [0.25, 0.3) is 0 Å². The Morgan fingerprint density at radius 2 is 2.07 bits per heavy atom. The zero-order valence-electron chi connectivity index (χ0n) is 9.00. The molecule has 2 fully saturated rings. The Hall–Kier alpha value is -0.770. The quantitative estimate of drug-likeness (QED) is 0.702. The minimum Gasteiger partial charge on any atom is -0.465 e. The highest BCUT2D eigenvalue weighted by Gasteiger charge is 2.50. The number of ether oxygens (including phenoxy) is 1. The maximum Gasteiger partial charge on any atom is 0.404 e. The molecule has 0 aromatic heterocycles. The standard InChI is InChI=1S/C11H19NO3/c13-10(14)12-7-6-11(8-15-11)9-4-2-1-3-5-9/h9,12H,1-8H2,(H,13,14). The Morgan fingerprint density at radius 1 is 1.40 bits per heavy atom. The highest BCUT2D eigenvalue weighted by Crippen LogP contribution is 2.45. The van der Waals surface area contributed by atoms with Crippen molar-refractivity contribution < 1.29 is 14.6 Å². The van der Waals surface area contributed by atoms with Crippen LogP contribution in [0, 0.1) is 5.92 Å². The Balaban J connectivity index is 1.76. The minimum absolute atomic E-state index is 0.0306. The van der Waals surface area contributed by atoms with E-state index < -0.39 is 6.09 Å². The number of epoxide rings is 1. The number of carboxylic acid groups (broad SMARTS) is 1. The van der Waals surface area contributed by atoms with Crippen molar-refractivity contribution in [3.63, 3.8) is 0 Å². The summed E-state index contributed by atoms with van der Waals surface area (Å²) in [5.74, 6) is 0.668. The fraction of sp³-hybridized carbons (Fsp3) is 0.909. The van der Waals surface area contributed by atoms with Gasteiger partial charge in [0.1, 0.15) is 0 Å². The maximum atomic E-state index is 10.3. The highest BCUT2D eigenvalue weighted by molar-refractivity contribution is 5.64. The summed E-state index contributed by atoms with van der Waals surface area (Å²) in [6, 6.07) is 0. The van der Waals surface area contributed by atoms with E-state index in [1.54, 1.807) is 0 Å². The molecular weight excluding hydrogens is 194 g/mol. The van der Waals surface area contributed by atoms with Crippen LogP contribution in [0.15, 0.2) is 0 Å². The van der Waals surface area contributed by atoms with Gasteiger partial charge in [-0.15, -0.1) is 0 Å². The lowest BCUT2D eigenvalue weighted by atomic mass is 9.78. The molecule has 0 aromatic rings. The Labute approximate surface area is 90.0 Å². The third-order valence-electron chi connectivity index (χ3n) is 3.69. The molecule has 0 radical (unpaired) electrons. The van der Waals surface area contributed by atoms with Gasteiger partial charge < -0.3 is 15.2 Å². The van der Waals surface area contributed by atoms with Crippen molar-refractivity contribution in [2.75, 3.05) is 13.2 Å². The van der Waals surface area contributed by atoms with E-state index >= 15 is 0 Å². The molecule has 1 aliphatic carbocycles. The van der Waals surface area contributed by atoms with Crippen LogP contribution < -0.4 is 5.32 Å². The first-order valence-corrected chi connectivity index (χ1v) is 5.84. The van der Waals surface area contributed by atoms with Crippen LogP contribution in [0.1, 0.15) is 38.5 Å². The molecule has 2 N–H and O–H groups in total. The van der Waals surface area contributed by atoms with Crippen LogP contribution in [-0.4, -0.2) is 30.0 Å². The molecule has 0 bridgehead atoms. The van der Waals surface area contributed by atoms with Gasteiger partial charge in [-0.2, -0.15) is 0 Å². The van der Waals surface area contributed by atoms with Gasteiger partial charge >= 0.3 is 6.09 Å². The normalized spacial score (nSPS) is 31.2. The molecule has 15 heavy (non-hydrogen) atoms. The average Bonchev–Trinajstić information content (AvgIpc) is 3.00. The zero-order chi connectivity index (χ0) is 10.7. The van der Waals surface area contributed by atoms with E-state index in [2.05, 4.69) is 5.32 Å². The monoisotopic (exact) mass is 213 g/mol. The number of rotatable bonds is 4. The molecule has 0 spiro atoms. The third-order valence-corrected chi connectivity index (χ3v) is 3.69. The number of hydrogen-bond acceptors (Lipinski definition) is 2. The van der Waals surface area contributed by atoms with Crippen LogP contribution in [0.2, 0.25) is 0 Å². The fourth-order valence-corrected chi connectivity index (χ4v) is 2.69. The number of amides is 1. The third kappa shape index (κ3) is 2.62. The first-order valence-electron chi connectivity index (χ1n) is 5.84. The van der Waals surface area contributed by atoms with Gasteiger partial charge in [0.15, 0.2) is 0 Å². The molecule has 4 heteroatoms. The van der Waals surface area contributed by atoms with E-state index in [1.165, 1.54) is 32.1 Å². The molecule has 2 rings (SSSR count). The lowest BCUT2D eigenvalue weighted by molar-refractivity contribution is 0.159. The Bertz CT molecular complexity index is 232. The lowest BCUT2D eigenvalue weighted by Gasteiger charge is -2.27. The van der Waals surface area contributed by atoms with Gasteiger partial charge in [-0.1, -0.05) is 19.3 Å². The van der Waals surface area contributed by atoms with Crippen LogP contribution in [-0.2, 0) is 4.74 Å². The van der Waals surface area contributed by atoms with Gasteiger partial charge in [0.05, 0.1) is 12.2 Å². The van der Waals surface area contributed by atoms with Gasteiger partial charge in [-0.25, -0.2) is 4.79 Å². The largest absolute Gasteiger partial charge is 0.465 e. The second-order valence-electron chi connectivity index (χ2n) is 4.67. The average molecular weight is 213 g/mol. The minimum atomic E-state index is -0.936. The summed E-state index contributed by atoms with van der Waals surface area (Å²) in [5, 5.41) is 10.9. The van der Waals surface area contributed by atoms with E-state index in [-0.39, 0.29) is 5.60 Å². The van der Waals surface area contributed by atoms with Crippen molar-refractivity contribution in [3.05, 3.63) is 0 Å². The van der Waals surface area contributed by atoms with Crippen molar-refractivity contribution in [3.8, 4) is 0 Å². The summed E-state index contributed by atoms with van der Waals surface area (Å²) in [5.41, 5.74) is 0.0306. The summed E-state index contributed by atoms with van der Waals surface area (Å²) in [6.45, 7) is 1.35. The fourth-order valence-electron chi connectivity index (χ4n) is 2.69. The first-order chi connectivity index (χ1) is 7.23. The molecule has 1 amide bonds. The molecule has 0 aromatic carbocycles. The summed E-state index contributed by atoms with van der Waals surface area (Å²) < 4.78 is 5.58. The van der Waals surface area contributed by atoms with Gasteiger partial charge in [0.2, 0.25) is 0 Å². The second kappa shape index (κ2) is 4.39. The van der Waals surface area contributed by atoms with Crippen molar-refractivity contribution in [2.24, 2.45) is 5.92 Å². The zero-order valence-corrected chi connectivity index (χ0v) is 9.00. The molecular formula is C11H19NO3. The molecule has 1 atom stereocenters. The van der Waals surface area contributed by atoms with Crippen molar-refractivity contribution >= 4 is 6.09 Å². The van der Waals surface area contributed by atoms with Crippen LogP contribution in [0.3, 0.4) is 0 Å². The van der Waals surface area contributed by atoms with Gasteiger partial charge in [-0.3, -0.25) is 0 Å². The SMILES string of the molecule is O=C(O)NCCC1(C2CCCCC2)CO1. The highest BCUT2D eigenvalue weighted by atomic mass is 16.6. The Kier molecular flexibility index (Phi) is 3.14. The van der Waals surface area contributed by atoms with Crippen molar-refractivity contribution in [2.45, 2.75) is 44.1 Å². The summed E-state index contributed by atoms with van der Waals surface area (Å²) in [4.78, 5) is 10.3. The van der Waals surface area contributed by atoms with Gasteiger partial charge in [0.25, 0.3) is 0 Å². The van der Waals surface area contributed by atoms with E-state index in [9.17, 15) is 4.79 Å². The number of carbonyl (C=O) groups is 1. The smallest absolute Gasteiger partial charge is 0.404 e. The predicted octanol–water partition coefficient (Wildman–Crippen LogP) is 1.99. The van der Waals surface area contributed by atoms with E-state index in [0.29, 0.717) is 12.5 Å². The number of hydrogen-bond donors (Lipinski definition) is 2. The van der Waals surface area contributed by atoms with Crippen molar-refractivity contribution in [1.29, 1.82) is 0 Å². The van der Waals surface area contributed by atoms with E-state index in [4.69, 9.17) is 9.84 Å². The molecule has 1 unspecified atom stereocenters. The number of nitrogens with one attached hydrogen (secondary N) is 1. The van der Waals surface area contributed by atoms with Gasteiger partial charge in [0, 0.05) is 6.54 Å². The first kappa shape index (κ1) is 10.7. The topological polar surface area (TPSA) is 61.9 Å². The molecule has 1 heterocycles. The lowest BCUT2D eigenvalue weighted by Crippen LogP contribution is -2.32.